The highest BCUT2D eigenvalue weighted by Crippen LogP contribution is 2.26. The Bertz CT molecular complexity index is 1000. The molecular weight excluding hydrogens is 400 g/mol. The normalized spacial score (nSPS) is 15.9. The Labute approximate surface area is 179 Å². The van der Waals surface area contributed by atoms with Gasteiger partial charge < -0.3 is 4.90 Å². The van der Waals surface area contributed by atoms with Gasteiger partial charge in [0.05, 0.1) is 11.0 Å². The predicted octanol–water partition coefficient (Wildman–Crippen LogP) is 3.95. The first kappa shape index (κ1) is 20.4. The number of hydrogen-bond acceptors (Lipinski definition) is 8. The third-order valence-corrected chi connectivity index (χ3v) is 6.40. The van der Waals surface area contributed by atoms with Gasteiger partial charge in [-0.15, -0.1) is 11.3 Å². The van der Waals surface area contributed by atoms with Crippen LogP contribution in [0.4, 0.5) is 11.5 Å². The Hall–Kier alpha value is -2.91. The minimum absolute atomic E-state index is 0.0658. The first-order valence-corrected chi connectivity index (χ1v) is 10.9. The van der Waals surface area contributed by atoms with E-state index in [1.807, 2.05) is 11.6 Å². The van der Waals surface area contributed by atoms with Gasteiger partial charge in [0.1, 0.15) is 10.8 Å². The van der Waals surface area contributed by atoms with E-state index in [2.05, 4.69) is 39.7 Å². The summed E-state index contributed by atoms with van der Waals surface area (Å²) < 4.78 is 0. The molecule has 0 aliphatic carbocycles. The number of benzene rings is 1. The van der Waals surface area contributed by atoms with Crippen molar-refractivity contribution in [2.45, 2.75) is 26.3 Å². The molecule has 0 radical (unpaired) electrons. The zero-order valence-electron chi connectivity index (χ0n) is 17.1. The summed E-state index contributed by atoms with van der Waals surface area (Å²) in [5.41, 5.74) is 1.82. The summed E-state index contributed by atoms with van der Waals surface area (Å²) in [4.78, 5) is 29.2. The quantitative estimate of drug-likeness (QED) is 0.437. The number of nitro groups is 1. The molecule has 0 N–H and O–H groups in total. The van der Waals surface area contributed by atoms with Gasteiger partial charge in [-0.25, -0.2) is 15.0 Å². The van der Waals surface area contributed by atoms with Gasteiger partial charge in [-0.2, -0.15) is 0 Å². The lowest BCUT2D eigenvalue weighted by molar-refractivity contribution is -0.384. The maximum absolute atomic E-state index is 10.9. The van der Waals surface area contributed by atoms with E-state index in [9.17, 15) is 10.1 Å². The van der Waals surface area contributed by atoms with Crippen LogP contribution in [0.2, 0.25) is 0 Å². The average molecular weight is 425 g/mol. The van der Waals surface area contributed by atoms with Crippen LogP contribution in [-0.4, -0.2) is 51.0 Å². The van der Waals surface area contributed by atoms with E-state index in [0.29, 0.717) is 11.9 Å². The fraction of sp³-hybridized carbons (Fsp3) is 0.381. The van der Waals surface area contributed by atoms with Crippen molar-refractivity contribution in [1.29, 1.82) is 0 Å². The number of nitro benzene ring substituents is 1. The zero-order chi connectivity index (χ0) is 21.1. The highest BCUT2D eigenvalue weighted by atomic mass is 32.1. The van der Waals surface area contributed by atoms with Gasteiger partial charge in [-0.1, -0.05) is 6.92 Å². The fourth-order valence-electron chi connectivity index (χ4n) is 3.62. The number of anilines is 1. The molecular formula is C21H24N6O2S. The van der Waals surface area contributed by atoms with Gasteiger partial charge in [0.15, 0.2) is 5.82 Å². The van der Waals surface area contributed by atoms with Crippen LogP contribution < -0.4 is 4.90 Å². The van der Waals surface area contributed by atoms with E-state index in [4.69, 9.17) is 4.98 Å². The minimum atomic E-state index is -0.398. The SMILES string of the molecule is CCc1cc(N2CCN(C(C)c3nccs3)CC2)nc(-c2ccc([N+](=O)[O-])cc2)n1. The minimum Gasteiger partial charge on any atom is -0.354 e. The van der Waals surface area contributed by atoms with Crippen LogP contribution in [0.25, 0.3) is 11.4 Å². The van der Waals surface area contributed by atoms with Crippen LogP contribution in [0.5, 0.6) is 0 Å². The van der Waals surface area contributed by atoms with Crippen molar-refractivity contribution in [3.63, 3.8) is 0 Å². The molecule has 1 saturated heterocycles. The molecule has 0 bridgehead atoms. The molecule has 1 aliphatic heterocycles. The van der Waals surface area contributed by atoms with Crippen molar-refractivity contribution in [2.75, 3.05) is 31.1 Å². The smallest absolute Gasteiger partial charge is 0.269 e. The number of aryl methyl sites for hydroxylation is 1. The van der Waals surface area contributed by atoms with E-state index in [1.54, 1.807) is 23.5 Å². The van der Waals surface area contributed by atoms with Gasteiger partial charge in [-0.3, -0.25) is 15.0 Å². The average Bonchev–Trinajstić information content (AvgIpc) is 3.33. The lowest BCUT2D eigenvalue weighted by atomic mass is 10.1. The van der Waals surface area contributed by atoms with Crippen molar-refractivity contribution >= 4 is 22.8 Å². The Morgan fingerprint density at radius 2 is 1.90 bits per heavy atom. The first-order chi connectivity index (χ1) is 14.5. The Balaban J connectivity index is 1.52. The van der Waals surface area contributed by atoms with E-state index < -0.39 is 4.92 Å². The Morgan fingerprint density at radius 1 is 1.17 bits per heavy atom. The molecule has 8 nitrogen and oxygen atoms in total. The highest BCUT2D eigenvalue weighted by molar-refractivity contribution is 7.09. The fourth-order valence-corrected chi connectivity index (χ4v) is 4.35. The number of piperazine rings is 1. The largest absolute Gasteiger partial charge is 0.354 e. The van der Waals surface area contributed by atoms with Gasteiger partial charge in [-0.05, 0) is 25.5 Å². The van der Waals surface area contributed by atoms with Gasteiger partial charge in [0, 0.05) is 67.2 Å². The van der Waals surface area contributed by atoms with Crippen LogP contribution in [-0.2, 0) is 6.42 Å². The molecule has 0 amide bonds. The summed E-state index contributed by atoms with van der Waals surface area (Å²) in [5, 5.41) is 14.1. The molecule has 30 heavy (non-hydrogen) atoms. The highest BCUT2D eigenvalue weighted by Gasteiger charge is 2.24. The van der Waals surface area contributed by atoms with Gasteiger partial charge in [0.2, 0.25) is 0 Å². The van der Waals surface area contributed by atoms with E-state index in [0.717, 1.165) is 54.7 Å². The van der Waals surface area contributed by atoms with Crippen molar-refractivity contribution in [3.8, 4) is 11.4 Å². The lowest BCUT2D eigenvalue weighted by Crippen LogP contribution is -2.47. The third-order valence-electron chi connectivity index (χ3n) is 5.46. The van der Waals surface area contributed by atoms with Crippen LogP contribution in [0.15, 0.2) is 41.9 Å². The molecule has 1 aromatic carbocycles. The lowest BCUT2D eigenvalue weighted by Gasteiger charge is -2.38. The molecule has 9 heteroatoms. The Kier molecular flexibility index (Phi) is 6.01. The van der Waals surface area contributed by atoms with E-state index >= 15 is 0 Å². The number of hydrogen-bond donors (Lipinski definition) is 0. The summed E-state index contributed by atoms with van der Waals surface area (Å²) in [7, 11) is 0. The van der Waals surface area contributed by atoms with Crippen molar-refractivity contribution < 1.29 is 4.92 Å². The van der Waals surface area contributed by atoms with Gasteiger partial charge in [0.25, 0.3) is 5.69 Å². The second-order valence-electron chi connectivity index (χ2n) is 7.27. The molecule has 1 aliphatic rings. The van der Waals surface area contributed by atoms with Crippen LogP contribution in [0.3, 0.4) is 0 Å². The molecule has 3 aromatic rings. The molecule has 4 rings (SSSR count). The molecule has 0 spiro atoms. The Morgan fingerprint density at radius 3 is 2.50 bits per heavy atom. The van der Waals surface area contributed by atoms with Crippen molar-refractivity contribution in [3.05, 3.63) is 62.7 Å². The van der Waals surface area contributed by atoms with Crippen molar-refractivity contribution in [1.82, 2.24) is 19.9 Å². The summed E-state index contributed by atoms with van der Waals surface area (Å²) in [5.74, 6) is 1.52. The molecule has 0 saturated carbocycles. The summed E-state index contributed by atoms with van der Waals surface area (Å²) in [6, 6.07) is 8.79. The molecule has 1 unspecified atom stereocenters. The number of aromatic nitrogens is 3. The second kappa shape index (κ2) is 8.85. The summed E-state index contributed by atoms with van der Waals surface area (Å²) in [6.45, 7) is 7.93. The monoisotopic (exact) mass is 424 g/mol. The molecule has 2 aromatic heterocycles. The molecule has 156 valence electrons. The molecule has 3 heterocycles. The van der Waals surface area contributed by atoms with Gasteiger partial charge >= 0.3 is 0 Å². The maximum atomic E-state index is 10.9. The standard InChI is InChI=1S/C21H24N6O2S/c1-3-17-14-19(24-20(23-17)16-4-6-18(7-5-16)27(28)29)26-11-9-25(10-12-26)15(2)21-22-8-13-30-21/h4-8,13-15H,3,9-12H2,1-2H3. The first-order valence-electron chi connectivity index (χ1n) is 10.1. The summed E-state index contributed by atoms with van der Waals surface area (Å²) in [6.07, 6.45) is 2.66. The molecule has 1 fully saturated rings. The van der Waals surface area contributed by atoms with E-state index in [-0.39, 0.29) is 5.69 Å². The topological polar surface area (TPSA) is 88.3 Å². The zero-order valence-corrected chi connectivity index (χ0v) is 17.9. The second-order valence-corrected chi connectivity index (χ2v) is 8.19. The third kappa shape index (κ3) is 4.31. The number of nitrogens with zero attached hydrogens (tertiary/aromatic N) is 6. The summed E-state index contributed by atoms with van der Waals surface area (Å²) >= 11 is 1.70. The maximum Gasteiger partial charge on any atom is 0.269 e. The predicted molar refractivity (Wildman–Crippen MR) is 118 cm³/mol. The van der Waals surface area contributed by atoms with Crippen LogP contribution in [0, 0.1) is 10.1 Å². The van der Waals surface area contributed by atoms with Crippen LogP contribution in [0.1, 0.15) is 30.6 Å². The van der Waals surface area contributed by atoms with Crippen molar-refractivity contribution in [2.24, 2.45) is 0 Å². The number of rotatable bonds is 6. The van der Waals surface area contributed by atoms with E-state index in [1.165, 1.54) is 12.1 Å². The molecule has 1 atom stereocenters. The number of non-ortho nitro benzene ring substituents is 1. The van der Waals surface area contributed by atoms with Crippen LogP contribution >= 0.6 is 11.3 Å². The number of thiazole rings is 1.